The van der Waals surface area contributed by atoms with Crippen molar-refractivity contribution in [2.45, 2.75) is 13.3 Å². The van der Waals surface area contributed by atoms with Crippen molar-refractivity contribution in [3.63, 3.8) is 0 Å². The Bertz CT molecular complexity index is 380. The average molecular weight is 225 g/mol. The van der Waals surface area contributed by atoms with Crippen LogP contribution in [0.25, 0.3) is 0 Å². The number of hydrogen-bond acceptors (Lipinski definition) is 5. The molecule has 0 radical (unpaired) electrons. The van der Waals surface area contributed by atoms with E-state index in [1.54, 1.807) is 22.7 Å². The second kappa shape index (κ2) is 4.52. The summed E-state index contributed by atoms with van der Waals surface area (Å²) < 4.78 is 0. The van der Waals surface area contributed by atoms with E-state index in [0.717, 1.165) is 18.1 Å². The van der Waals surface area contributed by atoms with Crippen LogP contribution in [0.5, 0.6) is 0 Å². The Balaban J connectivity index is 1.78. The zero-order valence-corrected chi connectivity index (χ0v) is 9.49. The second-order valence-electron chi connectivity index (χ2n) is 2.88. The van der Waals surface area contributed by atoms with Crippen LogP contribution >= 0.6 is 22.7 Å². The minimum atomic E-state index is 0.903. The molecule has 2 rings (SSSR count). The highest BCUT2D eigenvalue weighted by Gasteiger charge is 1.98. The standard InChI is InChI=1S/C9H11N3S2/c1-7-6-12-9(14-7)11-3-2-8-10-4-5-13-8/h4-6H,2-3H2,1H3,(H,11,12). The molecule has 0 saturated heterocycles. The van der Waals surface area contributed by atoms with Crippen LogP contribution in [-0.4, -0.2) is 16.5 Å². The fourth-order valence-electron chi connectivity index (χ4n) is 1.09. The van der Waals surface area contributed by atoms with Gasteiger partial charge in [0.1, 0.15) is 0 Å². The largest absolute Gasteiger partial charge is 0.361 e. The van der Waals surface area contributed by atoms with Gasteiger partial charge in [0.25, 0.3) is 0 Å². The van der Waals surface area contributed by atoms with E-state index in [-0.39, 0.29) is 0 Å². The summed E-state index contributed by atoms with van der Waals surface area (Å²) in [6, 6.07) is 0. The molecule has 5 heteroatoms. The molecule has 3 nitrogen and oxygen atoms in total. The van der Waals surface area contributed by atoms with E-state index in [0.29, 0.717) is 0 Å². The van der Waals surface area contributed by atoms with E-state index in [2.05, 4.69) is 22.2 Å². The first-order chi connectivity index (χ1) is 6.84. The highest BCUT2D eigenvalue weighted by Crippen LogP contribution is 2.16. The first kappa shape index (κ1) is 9.61. The average Bonchev–Trinajstić information content (AvgIpc) is 2.77. The number of nitrogens with zero attached hydrogens (tertiary/aromatic N) is 2. The fraction of sp³-hybridized carbons (Fsp3) is 0.333. The third-order valence-corrected chi connectivity index (χ3v) is 3.43. The van der Waals surface area contributed by atoms with Crippen molar-refractivity contribution in [3.05, 3.63) is 27.7 Å². The van der Waals surface area contributed by atoms with Crippen LogP contribution in [0.1, 0.15) is 9.88 Å². The van der Waals surface area contributed by atoms with Crippen molar-refractivity contribution in [2.75, 3.05) is 11.9 Å². The number of aromatic nitrogens is 2. The number of anilines is 1. The van der Waals surface area contributed by atoms with Gasteiger partial charge < -0.3 is 5.32 Å². The van der Waals surface area contributed by atoms with Gasteiger partial charge in [0.05, 0.1) is 5.01 Å². The van der Waals surface area contributed by atoms with Gasteiger partial charge in [0, 0.05) is 35.6 Å². The topological polar surface area (TPSA) is 37.8 Å². The molecular weight excluding hydrogens is 214 g/mol. The minimum absolute atomic E-state index is 0.903. The minimum Gasteiger partial charge on any atom is -0.361 e. The third kappa shape index (κ3) is 2.52. The summed E-state index contributed by atoms with van der Waals surface area (Å²) in [7, 11) is 0. The van der Waals surface area contributed by atoms with Crippen LogP contribution in [0, 0.1) is 6.92 Å². The van der Waals surface area contributed by atoms with Crippen molar-refractivity contribution in [2.24, 2.45) is 0 Å². The van der Waals surface area contributed by atoms with E-state index >= 15 is 0 Å². The number of hydrogen-bond donors (Lipinski definition) is 1. The quantitative estimate of drug-likeness (QED) is 0.869. The Labute approximate surface area is 90.9 Å². The smallest absolute Gasteiger partial charge is 0.182 e. The molecule has 0 fully saturated rings. The molecule has 0 bridgehead atoms. The van der Waals surface area contributed by atoms with Crippen molar-refractivity contribution < 1.29 is 0 Å². The Morgan fingerprint density at radius 3 is 3.00 bits per heavy atom. The molecule has 1 N–H and O–H groups in total. The lowest BCUT2D eigenvalue weighted by Gasteiger charge is -1.98. The Morgan fingerprint density at radius 1 is 1.43 bits per heavy atom. The van der Waals surface area contributed by atoms with Crippen molar-refractivity contribution in [1.29, 1.82) is 0 Å². The molecule has 0 saturated carbocycles. The molecule has 0 aliphatic heterocycles. The zero-order valence-electron chi connectivity index (χ0n) is 7.86. The maximum atomic E-state index is 4.23. The lowest BCUT2D eigenvalue weighted by Crippen LogP contribution is -2.03. The zero-order chi connectivity index (χ0) is 9.80. The van der Waals surface area contributed by atoms with E-state index in [4.69, 9.17) is 0 Å². The maximum absolute atomic E-state index is 4.23. The van der Waals surface area contributed by atoms with Gasteiger partial charge >= 0.3 is 0 Å². The van der Waals surface area contributed by atoms with Crippen molar-refractivity contribution in [3.8, 4) is 0 Å². The van der Waals surface area contributed by atoms with Gasteiger partial charge in [0.2, 0.25) is 0 Å². The highest BCUT2D eigenvalue weighted by molar-refractivity contribution is 7.15. The van der Waals surface area contributed by atoms with Gasteiger partial charge in [-0.15, -0.1) is 22.7 Å². The van der Waals surface area contributed by atoms with Crippen LogP contribution in [0.2, 0.25) is 0 Å². The maximum Gasteiger partial charge on any atom is 0.182 e. The van der Waals surface area contributed by atoms with Crippen LogP contribution in [0.4, 0.5) is 5.13 Å². The van der Waals surface area contributed by atoms with E-state index in [1.807, 2.05) is 17.8 Å². The third-order valence-electron chi connectivity index (χ3n) is 1.72. The second-order valence-corrected chi connectivity index (χ2v) is 5.09. The highest BCUT2D eigenvalue weighted by atomic mass is 32.1. The van der Waals surface area contributed by atoms with E-state index in [9.17, 15) is 0 Å². The van der Waals surface area contributed by atoms with E-state index < -0.39 is 0 Å². The lowest BCUT2D eigenvalue weighted by atomic mass is 10.4. The number of nitrogens with one attached hydrogen (secondary N) is 1. The first-order valence-corrected chi connectivity index (χ1v) is 6.09. The van der Waals surface area contributed by atoms with Crippen LogP contribution in [0.3, 0.4) is 0 Å². The summed E-state index contributed by atoms with van der Waals surface area (Å²) in [5.74, 6) is 0. The molecule has 2 aromatic rings. The van der Waals surface area contributed by atoms with Crippen LogP contribution in [0.15, 0.2) is 17.8 Å². The molecule has 0 spiro atoms. The van der Waals surface area contributed by atoms with Gasteiger partial charge in [-0.05, 0) is 6.92 Å². The molecule has 0 aromatic carbocycles. The molecule has 0 unspecified atom stereocenters. The van der Waals surface area contributed by atoms with Crippen molar-refractivity contribution in [1.82, 2.24) is 9.97 Å². The summed E-state index contributed by atoms with van der Waals surface area (Å²) in [4.78, 5) is 9.68. The molecular formula is C9H11N3S2. The number of thiazole rings is 2. The molecule has 2 aromatic heterocycles. The summed E-state index contributed by atoms with van der Waals surface area (Å²) in [5.41, 5.74) is 0. The molecule has 2 heterocycles. The number of rotatable bonds is 4. The van der Waals surface area contributed by atoms with Gasteiger partial charge in [-0.3, -0.25) is 0 Å². The van der Waals surface area contributed by atoms with Crippen molar-refractivity contribution >= 4 is 27.8 Å². The fourth-order valence-corrected chi connectivity index (χ4v) is 2.40. The Hall–Kier alpha value is -0.940. The van der Waals surface area contributed by atoms with Crippen LogP contribution in [-0.2, 0) is 6.42 Å². The SMILES string of the molecule is Cc1cnc(NCCc2nccs2)s1. The lowest BCUT2D eigenvalue weighted by molar-refractivity contribution is 0.994. The van der Waals surface area contributed by atoms with Gasteiger partial charge in [-0.1, -0.05) is 0 Å². The number of aryl methyl sites for hydroxylation is 1. The predicted molar refractivity (Wildman–Crippen MR) is 61.2 cm³/mol. The molecule has 14 heavy (non-hydrogen) atoms. The summed E-state index contributed by atoms with van der Waals surface area (Å²) in [5, 5.41) is 7.45. The van der Waals surface area contributed by atoms with Gasteiger partial charge in [0.15, 0.2) is 5.13 Å². The summed E-state index contributed by atoms with van der Waals surface area (Å²) in [6.07, 6.45) is 4.69. The van der Waals surface area contributed by atoms with Gasteiger partial charge in [-0.25, -0.2) is 9.97 Å². The first-order valence-electron chi connectivity index (χ1n) is 4.39. The normalized spacial score (nSPS) is 10.4. The molecule has 0 aliphatic rings. The van der Waals surface area contributed by atoms with E-state index in [1.165, 1.54) is 9.88 Å². The predicted octanol–water partition coefficient (Wildman–Crippen LogP) is 2.56. The Morgan fingerprint density at radius 2 is 2.36 bits per heavy atom. The van der Waals surface area contributed by atoms with Crippen LogP contribution < -0.4 is 5.32 Å². The summed E-state index contributed by atoms with van der Waals surface area (Å²) >= 11 is 3.38. The molecule has 0 amide bonds. The molecule has 0 atom stereocenters. The molecule has 0 aliphatic carbocycles. The van der Waals surface area contributed by atoms with Gasteiger partial charge in [-0.2, -0.15) is 0 Å². The summed E-state index contributed by atoms with van der Waals surface area (Å²) in [6.45, 7) is 2.96. The Kier molecular flexibility index (Phi) is 3.10. The molecule has 74 valence electrons. The monoisotopic (exact) mass is 225 g/mol.